The van der Waals surface area contributed by atoms with Gasteiger partial charge >= 0.3 is 6.18 Å². The predicted octanol–water partition coefficient (Wildman–Crippen LogP) is 3.84. The van der Waals surface area contributed by atoms with Crippen LogP contribution in [0.1, 0.15) is 53.8 Å². The van der Waals surface area contributed by atoms with Crippen LogP contribution >= 0.6 is 0 Å². The summed E-state index contributed by atoms with van der Waals surface area (Å²) in [5.41, 5.74) is 2.46. The van der Waals surface area contributed by atoms with Crippen molar-refractivity contribution in [3.8, 4) is 0 Å². The number of rotatable bonds is 5. The molecule has 166 valence electrons. The van der Waals surface area contributed by atoms with E-state index in [0.717, 1.165) is 35.9 Å². The number of carbonyl (C=O) groups is 2. The van der Waals surface area contributed by atoms with Gasteiger partial charge in [-0.05, 0) is 55.5 Å². The fraction of sp³-hybridized carbons (Fsp3) is 0.435. The number of aryl methyl sites for hydroxylation is 1. The summed E-state index contributed by atoms with van der Waals surface area (Å²) in [7, 11) is 0. The fourth-order valence-corrected chi connectivity index (χ4v) is 3.93. The van der Waals surface area contributed by atoms with Gasteiger partial charge in [-0.3, -0.25) is 14.6 Å². The van der Waals surface area contributed by atoms with E-state index in [4.69, 9.17) is 0 Å². The summed E-state index contributed by atoms with van der Waals surface area (Å²) in [6.07, 6.45) is -2.29. The van der Waals surface area contributed by atoms with Gasteiger partial charge in [-0.2, -0.15) is 13.2 Å². The largest absolute Gasteiger partial charge is 0.416 e. The van der Waals surface area contributed by atoms with Crippen LogP contribution in [0.15, 0.2) is 36.4 Å². The Hall–Kier alpha value is -2.90. The second kappa shape index (κ2) is 9.49. The van der Waals surface area contributed by atoms with Crippen LogP contribution in [0.2, 0.25) is 0 Å². The van der Waals surface area contributed by atoms with E-state index in [9.17, 15) is 22.8 Å². The number of likely N-dealkylation sites (tertiary alicyclic amines) is 1. The number of carbonyl (C=O) groups excluding carboxylic acids is 2. The quantitative estimate of drug-likeness (QED) is 0.779. The smallest absolute Gasteiger partial charge is 0.347 e. The van der Waals surface area contributed by atoms with Crippen molar-refractivity contribution in [2.45, 2.75) is 45.2 Å². The standard InChI is InChI=1S/C23H26F3N3O2/c1-15-9-18(10-17-5-3-7-20(11-17)23(24,25)26)12-21(28-15)19-6-4-8-29(14-19)22(31)13-27-16(2)30/h3,5,7,9,11-12,19H,4,6,8,10,13-14H2,1-2H3,(H,27,30)/t19-/m1/s1. The molecule has 1 aliphatic heterocycles. The number of nitrogens with one attached hydrogen (secondary N) is 1. The maximum Gasteiger partial charge on any atom is 0.416 e. The maximum atomic E-state index is 13.0. The van der Waals surface area contributed by atoms with E-state index in [1.807, 2.05) is 19.1 Å². The minimum Gasteiger partial charge on any atom is -0.347 e. The Kier molecular flexibility index (Phi) is 6.97. The lowest BCUT2D eigenvalue weighted by atomic mass is 9.92. The van der Waals surface area contributed by atoms with Gasteiger partial charge in [0.25, 0.3) is 0 Å². The van der Waals surface area contributed by atoms with Crippen LogP contribution in [0.4, 0.5) is 13.2 Å². The van der Waals surface area contributed by atoms with Crippen molar-refractivity contribution in [3.05, 3.63) is 64.5 Å². The number of amides is 2. The number of piperidine rings is 1. The molecule has 0 saturated carbocycles. The maximum absolute atomic E-state index is 13.0. The summed E-state index contributed by atoms with van der Waals surface area (Å²) in [4.78, 5) is 29.8. The molecule has 1 N–H and O–H groups in total. The van der Waals surface area contributed by atoms with Crippen LogP contribution in [0.25, 0.3) is 0 Å². The molecule has 0 aliphatic carbocycles. The van der Waals surface area contributed by atoms with E-state index in [-0.39, 0.29) is 24.3 Å². The summed E-state index contributed by atoms with van der Waals surface area (Å²) < 4.78 is 39.0. The van der Waals surface area contributed by atoms with Crippen molar-refractivity contribution in [1.82, 2.24) is 15.2 Å². The van der Waals surface area contributed by atoms with E-state index >= 15 is 0 Å². The van der Waals surface area contributed by atoms with E-state index < -0.39 is 11.7 Å². The number of pyridine rings is 1. The monoisotopic (exact) mass is 433 g/mol. The first-order valence-corrected chi connectivity index (χ1v) is 10.3. The van der Waals surface area contributed by atoms with Gasteiger partial charge < -0.3 is 10.2 Å². The molecule has 0 radical (unpaired) electrons. The molecule has 0 unspecified atom stereocenters. The number of halogens is 3. The Labute approximate surface area is 179 Å². The summed E-state index contributed by atoms with van der Waals surface area (Å²) in [6, 6.07) is 9.17. The van der Waals surface area contributed by atoms with Gasteiger partial charge in [0.05, 0.1) is 12.1 Å². The van der Waals surface area contributed by atoms with E-state index in [2.05, 4.69) is 10.3 Å². The van der Waals surface area contributed by atoms with E-state index in [1.54, 1.807) is 11.0 Å². The molecule has 1 atom stereocenters. The van der Waals surface area contributed by atoms with Gasteiger partial charge in [-0.1, -0.05) is 18.2 Å². The van der Waals surface area contributed by atoms with Crippen molar-refractivity contribution in [2.24, 2.45) is 0 Å². The molecular weight excluding hydrogens is 407 g/mol. The number of hydrogen-bond acceptors (Lipinski definition) is 3. The van der Waals surface area contributed by atoms with Gasteiger partial charge in [0.1, 0.15) is 0 Å². The predicted molar refractivity (Wildman–Crippen MR) is 110 cm³/mol. The summed E-state index contributed by atoms with van der Waals surface area (Å²) in [5.74, 6) is -0.326. The van der Waals surface area contributed by atoms with Gasteiger partial charge in [0, 0.05) is 37.3 Å². The van der Waals surface area contributed by atoms with Crippen LogP contribution in [0.5, 0.6) is 0 Å². The van der Waals surface area contributed by atoms with Gasteiger partial charge in [0.15, 0.2) is 0 Å². The average molecular weight is 433 g/mol. The lowest BCUT2D eigenvalue weighted by Gasteiger charge is -2.33. The molecule has 3 rings (SSSR count). The molecule has 2 aromatic rings. The lowest BCUT2D eigenvalue weighted by molar-refractivity contribution is -0.137. The number of alkyl halides is 3. The zero-order chi connectivity index (χ0) is 22.6. The van der Waals surface area contributed by atoms with E-state index in [1.165, 1.54) is 19.1 Å². The van der Waals surface area contributed by atoms with Crippen LogP contribution in [-0.2, 0) is 22.2 Å². The minimum absolute atomic E-state index is 0.0237. The molecule has 1 fully saturated rings. The van der Waals surface area contributed by atoms with Crippen molar-refractivity contribution < 1.29 is 22.8 Å². The number of hydrogen-bond donors (Lipinski definition) is 1. The van der Waals surface area contributed by atoms with Gasteiger partial charge in [-0.15, -0.1) is 0 Å². The van der Waals surface area contributed by atoms with Crippen LogP contribution < -0.4 is 5.32 Å². The molecule has 8 heteroatoms. The zero-order valence-electron chi connectivity index (χ0n) is 17.6. The molecule has 1 aromatic carbocycles. The first-order valence-electron chi connectivity index (χ1n) is 10.3. The highest BCUT2D eigenvalue weighted by atomic mass is 19.4. The molecule has 1 saturated heterocycles. The zero-order valence-corrected chi connectivity index (χ0v) is 17.6. The molecule has 5 nitrogen and oxygen atoms in total. The highest BCUT2D eigenvalue weighted by Gasteiger charge is 2.30. The number of benzene rings is 1. The third-order valence-electron chi connectivity index (χ3n) is 5.38. The molecule has 1 aliphatic rings. The Morgan fingerprint density at radius 1 is 1.19 bits per heavy atom. The first kappa shape index (κ1) is 22.8. The Morgan fingerprint density at radius 3 is 2.68 bits per heavy atom. The Balaban J connectivity index is 1.75. The molecule has 0 spiro atoms. The molecular formula is C23H26F3N3O2. The SMILES string of the molecule is CC(=O)NCC(=O)N1CCC[C@@H](c2cc(Cc3cccc(C(F)(F)F)c3)cc(C)n2)C1. The molecule has 1 aromatic heterocycles. The highest BCUT2D eigenvalue weighted by Crippen LogP contribution is 2.31. The van der Waals surface area contributed by atoms with Crippen molar-refractivity contribution in [2.75, 3.05) is 19.6 Å². The van der Waals surface area contributed by atoms with Crippen LogP contribution in [0.3, 0.4) is 0 Å². The van der Waals surface area contributed by atoms with Gasteiger partial charge in [0.2, 0.25) is 11.8 Å². The van der Waals surface area contributed by atoms with Gasteiger partial charge in [-0.25, -0.2) is 0 Å². The second-order valence-electron chi connectivity index (χ2n) is 8.01. The fourth-order valence-electron chi connectivity index (χ4n) is 3.93. The lowest BCUT2D eigenvalue weighted by Crippen LogP contribution is -2.44. The van der Waals surface area contributed by atoms with Crippen LogP contribution in [0, 0.1) is 6.92 Å². The third kappa shape index (κ3) is 6.29. The summed E-state index contributed by atoms with van der Waals surface area (Å²) >= 11 is 0. The average Bonchev–Trinajstić information content (AvgIpc) is 2.71. The van der Waals surface area contributed by atoms with Crippen molar-refractivity contribution in [3.63, 3.8) is 0 Å². The Bertz CT molecular complexity index is 959. The third-order valence-corrected chi connectivity index (χ3v) is 5.38. The molecule has 0 bridgehead atoms. The van der Waals surface area contributed by atoms with Crippen molar-refractivity contribution in [1.29, 1.82) is 0 Å². The summed E-state index contributed by atoms with van der Waals surface area (Å²) in [5, 5.41) is 2.53. The van der Waals surface area contributed by atoms with Crippen LogP contribution in [-0.4, -0.2) is 41.3 Å². The number of nitrogens with zero attached hydrogens (tertiary/aromatic N) is 2. The highest BCUT2D eigenvalue weighted by molar-refractivity contribution is 5.83. The molecule has 2 amide bonds. The number of aromatic nitrogens is 1. The van der Waals surface area contributed by atoms with E-state index in [0.29, 0.717) is 25.1 Å². The normalized spacial score (nSPS) is 16.8. The first-order chi connectivity index (χ1) is 14.6. The minimum atomic E-state index is -4.37. The molecule has 31 heavy (non-hydrogen) atoms. The van der Waals surface area contributed by atoms with Crippen molar-refractivity contribution >= 4 is 11.8 Å². The molecule has 2 heterocycles. The Morgan fingerprint density at radius 2 is 1.97 bits per heavy atom. The second-order valence-corrected chi connectivity index (χ2v) is 8.01. The topological polar surface area (TPSA) is 62.3 Å². The summed E-state index contributed by atoms with van der Waals surface area (Å²) in [6.45, 7) is 4.36.